The zero-order valence-electron chi connectivity index (χ0n) is 35.9. The monoisotopic (exact) mass is 928 g/mol. The predicted molar refractivity (Wildman–Crippen MR) is 234 cm³/mol. The van der Waals surface area contributed by atoms with E-state index in [1.165, 1.54) is 24.3 Å². The van der Waals surface area contributed by atoms with Gasteiger partial charge in [0, 0.05) is 97.3 Å². The van der Waals surface area contributed by atoms with Crippen molar-refractivity contribution in [2.75, 3.05) is 62.4 Å². The number of hydrogen-bond acceptors (Lipinski definition) is 10. The number of likely N-dealkylation sites (N-methyl/N-ethyl adjacent to an activating group) is 1. The Morgan fingerprint density at radius 3 is 2.47 bits per heavy atom. The Labute approximate surface area is 381 Å². The Balaban J connectivity index is 0.865. The van der Waals surface area contributed by atoms with Gasteiger partial charge in [0.1, 0.15) is 23.3 Å². The van der Waals surface area contributed by atoms with Gasteiger partial charge < -0.3 is 30.1 Å². The summed E-state index contributed by atoms with van der Waals surface area (Å²) in [6, 6.07) is 13.7. The summed E-state index contributed by atoms with van der Waals surface area (Å²) in [5, 5.41) is 8.33. The lowest BCUT2D eigenvalue weighted by Crippen LogP contribution is -2.52. The standard InChI is InChI=1S/C47H45ClF4N8O6/c1-57-40(38(29-4-3-5-31(48)39(29)49)46(41(57)24-6-7-24)23-54-33-20-36(47(50,51)52)53-21-30(33)46)43(63)55-32-11-8-25(19-35(32)66-2)44(64)59-16-14-58(15-17-59)27-9-10-28-26(18-27)22-60(45(28)65)34-12-13-37(61)56-42(34)62/h3-5,8-11,18-21,24,34,38,40-41,54H,6-7,12-17,22-23H2,1-2H3,(H,55,63)(H,56,61,62)/t34-,38-,40+,41-,46+/m0/s1. The molecule has 4 fully saturated rings. The minimum atomic E-state index is -4.69. The van der Waals surface area contributed by atoms with Crippen LogP contribution >= 0.6 is 11.6 Å². The molecular formula is C47H45ClF4N8O6. The lowest BCUT2D eigenvalue weighted by molar-refractivity contribution is -0.141. The number of ether oxygens (including phenoxy) is 1. The van der Waals surface area contributed by atoms with Crippen LogP contribution in [-0.2, 0) is 32.5 Å². The first-order valence-corrected chi connectivity index (χ1v) is 22.2. The maximum Gasteiger partial charge on any atom is 0.433 e. The number of amides is 5. The third-order valence-corrected chi connectivity index (χ3v) is 14.6. The Bertz CT molecular complexity index is 2710. The van der Waals surface area contributed by atoms with Crippen LogP contribution in [0, 0.1) is 11.7 Å². The number of alkyl halides is 3. The molecule has 1 aliphatic carbocycles. The first-order valence-electron chi connectivity index (χ1n) is 21.9. The summed E-state index contributed by atoms with van der Waals surface area (Å²) in [7, 11) is 3.20. The molecule has 0 radical (unpaired) electrons. The highest BCUT2D eigenvalue weighted by atomic mass is 35.5. The molecule has 3 saturated heterocycles. The second kappa shape index (κ2) is 16.3. The number of benzene rings is 3. The molecule has 344 valence electrons. The number of piperidine rings is 1. The summed E-state index contributed by atoms with van der Waals surface area (Å²) in [5.74, 6) is -3.18. The summed E-state index contributed by atoms with van der Waals surface area (Å²) in [4.78, 5) is 77.3. The van der Waals surface area contributed by atoms with Crippen LogP contribution in [0.5, 0.6) is 5.75 Å². The summed E-state index contributed by atoms with van der Waals surface area (Å²) < 4.78 is 63.6. The van der Waals surface area contributed by atoms with Crippen LogP contribution in [0.15, 0.2) is 66.9 Å². The molecule has 4 aromatic rings. The quantitative estimate of drug-likeness (QED) is 0.146. The number of halogens is 5. The first kappa shape index (κ1) is 43.6. The normalized spacial score (nSPS) is 25.2. The molecule has 0 unspecified atom stereocenters. The topological polar surface area (TPSA) is 157 Å². The van der Waals surface area contributed by atoms with E-state index >= 15 is 4.39 Å². The van der Waals surface area contributed by atoms with Gasteiger partial charge in [0.25, 0.3) is 11.8 Å². The van der Waals surface area contributed by atoms with Gasteiger partial charge in [0.05, 0.1) is 23.9 Å². The molecule has 0 bridgehead atoms. The lowest BCUT2D eigenvalue weighted by atomic mass is 9.64. The summed E-state index contributed by atoms with van der Waals surface area (Å²) in [6.45, 7) is 2.18. The smallest absolute Gasteiger partial charge is 0.433 e. The fourth-order valence-electron chi connectivity index (χ4n) is 11.2. The van der Waals surface area contributed by atoms with E-state index in [2.05, 4.69) is 25.8 Å². The average molecular weight is 929 g/mol. The van der Waals surface area contributed by atoms with Gasteiger partial charge in [-0.15, -0.1) is 0 Å². The molecule has 6 aliphatic rings. The average Bonchev–Trinajstić information content (AvgIpc) is 3.91. The molecule has 5 atom stereocenters. The van der Waals surface area contributed by atoms with Gasteiger partial charge in [-0.1, -0.05) is 23.7 Å². The molecule has 1 aromatic heterocycles. The van der Waals surface area contributed by atoms with Crippen molar-refractivity contribution in [1.29, 1.82) is 0 Å². The summed E-state index contributed by atoms with van der Waals surface area (Å²) in [6.07, 6.45) is -1.39. The van der Waals surface area contributed by atoms with Crippen molar-refractivity contribution in [1.82, 2.24) is 25.0 Å². The number of rotatable bonds is 8. The summed E-state index contributed by atoms with van der Waals surface area (Å²) in [5.41, 5.74) is 1.50. The Morgan fingerprint density at radius 2 is 1.76 bits per heavy atom. The molecule has 19 heteroatoms. The van der Waals surface area contributed by atoms with Crippen LogP contribution in [-0.4, -0.2) is 114 Å². The van der Waals surface area contributed by atoms with E-state index in [0.717, 1.165) is 30.2 Å². The summed E-state index contributed by atoms with van der Waals surface area (Å²) >= 11 is 6.37. The second-order valence-corrected chi connectivity index (χ2v) is 18.4. The molecule has 66 heavy (non-hydrogen) atoms. The highest BCUT2D eigenvalue weighted by Crippen LogP contribution is 2.62. The number of carbonyl (C=O) groups is 5. The van der Waals surface area contributed by atoms with Crippen molar-refractivity contribution in [3.63, 3.8) is 0 Å². The van der Waals surface area contributed by atoms with Crippen molar-refractivity contribution < 1.29 is 46.3 Å². The molecule has 10 rings (SSSR count). The van der Waals surface area contributed by atoms with Gasteiger partial charge in [-0.3, -0.25) is 39.2 Å². The maximum atomic E-state index is 16.3. The molecule has 5 amide bonds. The van der Waals surface area contributed by atoms with E-state index < -0.39 is 52.9 Å². The molecule has 3 aromatic carbocycles. The maximum absolute atomic E-state index is 16.3. The molecule has 1 spiro atoms. The van der Waals surface area contributed by atoms with Crippen LogP contribution in [0.2, 0.25) is 5.02 Å². The van der Waals surface area contributed by atoms with E-state index in [9.17, 15) is 37.1 Å². The minimum Gasteiger partial charge on any atom is -0.495 e. The zero-order chi connectivity index (χ0) is 46.4. The van der Waals surface area contributed by atoms with Gasteiger partial charge in [0.2, 0.25) is 17.7 Å². The Kier molecular flexibility index (Phi) is 10.7. The molecule has 5 aliphatic heterocycles. The van der Waals surface area contributed by atoms with Crippen LogP contribution in [0.3, 0.4) is 0 Å². The third-order valence-electron chi connectivity index (χ3n) is 14.3. The SMILES string of the molecule is COc1cc(C(=O)N2CCN(c3ccc4c(c3)CN([C@H]3CCC(=O)NC3=O)C4=O)CC2)ccc1NC(=O)[C@H]1[C@H](c2cccc(Cl)c2F)[C@]2(CNc3cc(C(F)(F)F)ncc32)[C@H](C2CC2)N1C. The van der Waals surface area contributed by atoms with Crippen molar-refractivity contribution in [3.05, 3.63) is 111 Å². The zero-order valence-corrected chi connectivity index (χ0v) is 36.6. The predicted octanol–water partition coefficient (Wildman–Crippen LogP) is 5.80. The van der Waals surface area contributed by atoms with E-state index in [0.29, 0.717) is 42.9 Å². The van der Waals surface area contributed by atoms with Crippen molar-refractivity contribution in [3.8, 4) is 5.75 Å². The molecule has 14 nitrogen and oxygen atoms in total. The highest BCUT2D eigenvalue weighted by molar-refractivity contribution is 6.30. The Morgan fingerprint density at radius 1 is 0.985 bits per heavy atom. The highest BCUT2D eigenvalue weighted by Gasteiger charge is 2.67. The fraction of sp³-hybridized carbons (Fsp3) is 0.404. The molecule has 3 N–H and O–H groups in total. The van der Waals surface area contributed by atoms with E-state index in [4.69, 9.17) is 16.3 Å². The fourth-order valence-corrected chi connectivity index (χ4v) is 11.4. The van der Waals surface area contributed by atoms with E-state index in [1.807, 2.05) is 17.0 Å². The Hall–Kier alpha value is -6.27. The van der Waals surface area contributed by atoms with Crippen LogP contribution in [0.25, 0.3) is 0 Å². The largest absolute Gasteiger partial charge is 0.495 e. The number of imide groups is 1. The van der Waals surface area contributed by atoms with E-state index in [1.54, 1.807) is 48.3 Å². The number of pyridine rings is 1. The van der Waals surface area contributed by atoms with E-state index in [-0.39, 0.29) is 83.3 Å². The van der Waals surface area contributed by atoms with Crippen LogP contribution in [0.4, 0.5) is 34.6 Å². The van der Waals surface area contributed by atoms with Gasteiger partial charge in [-0.05, 0) is 91.9 Å². The molecular weight excluding hydrogens is 884 g/mol. The van der Waals surface area contributed by atoms with Gasteiger partial charge >= 0.3 is 6.18 Å². The number of nitrogens with zero attached hydrogens (tertiary/aromatic N) is 5. The molecule has 1 saturated carbocycles. The van der Waals surface area contributed by atoms with Gasteiger partial charge in [0.15, 0.2) is 0 Å². The van der Waals surface area contributed by atoms with Crippen molar-refractivity contribution in [2.45, 2.75) is 67.9 Å². The number of nitrogens with one attached hydrogen (secondary N) is 3. The van der Waals surface area contributed by atoms with Crippen molar-refractivity contribution in [2.24, 2.45) is 5.92 Å². The van der Waals surface area contributed by atoms with Gasteiger partial charge in [-0.25, -0.2) is 4.39 Å². The number of methoxy groups -OCH3 is 1. The number of aromatic nitrogens is 1. The van der Waals surface area contributed by atoms with Crippen LogP contribution < -0.4 is 25.6 Å². The first-order chi connectivity index (χ1) is 31.6. The number of carbonyl (C=O) groups excluding carboxylic acids is 5. The third kappa shape index (κ3) is 7.19. The number of likely N-dealkylation sites (tertiary alicyclic amines) is 1. The van der Waals surface area contributed by atoms with Crippen molar-refractivity contribution >= 4 is 58.2 Å². The van der Waals surface area contributed by atoms with Crippen LogP contribution in [0.1, 0.15) is 74.7 Å². The number of hydrogen-bond donors (Lipinski definition) is 3. The number of piperazine rings is 1. The second-order valence-electron chi connectivity index (χ2n) is 17.9. The number of fused-ring (bicyclic) bond motifs is 3. The minimum absolute atomic E-state index is 0.0752. The van der Waals surface area contributed by atoms with Gasteiger partial charge in [-0.2, -0.15) is 13.2 Å². The molecule has 6 heterocycles. The lowest BCUT2D eigenvalue weighted by Gasteiger charge is -2.38. The number of anilines is 3.